The lowest BCUT2D eigenvalue weighted by molar-refractivity contribution is 1.40. The van der Waals surface area contributed by atoms with E-state index < -0.39 is 0 Å². The van der Waals surface area contributed by atoms with Crippen LogP contribution in [0, 0.1) is 0 Å². The topological polar surface area (TPSA) is 0 Å². The molecule has 0 aliphatic heterocycles. The molecule has 0 aromatic heterocycles. The molecule has 0 aromatic carbocycles. The summed E-state index contributed by atoms with van der Waals surface area (Å²) in [6, 6.07) is 0. The monoisotopic (exact) mass is 172 g/mol. The Hall–Kier alpha value is -1.56. The van der Waals surface area contributed by atoms with Crippen molar-refractivity contribution >= 4 is 0 Å². The van der Waals surface area contributed by atoms with Gasteiger partial charge in [-0.25, -0.2) is 0 Å². The Balaban J connectivity index is 4.52. The summed E-state index contributed by atoms with van der Waals surface area (Å²) >= 11 is 0. The third kappa shape index (κ3) is 4.12. The maximum Gasteiger partial charge on any atom is -0.0233 e. The highest BCUT2D eigenvalue weighted by atomic mass is 14.0. The second kappa shape index (κ2) is 6.01. The molecule has 0 aliphatic carbocycles. The molecule has 0 spiro atoms. The predicted molar refractivity (Wildman–Crippen MR) is 61.6 cm³/mol. The van der Waals surface area contributed by atoms with E-state index in [0.717, 1.165) is 16.7 Å². The van der Waals surface area contributed by atoms with E-state index in [9.17, 15) is 0 Å². The van der Waals surface area contributed by atoms with Gasteiger partial charge in [-0.05, 0) is 23.6 Å². The fraction of sp³-hybridized carbons (Fsp3) is 0.0769. The van der Waals surface area contributed by atoms with Crippen LogP contribution in [0.2, 0.25) is 0 Å². The van der Waals surface area contributed by atoms with Gasteiger partial charge in [0.1, 0.15) is 0 Å². The Kier molecular flexibility index (Phi) is 5.29. The molecule has 0 bridgehead atoms. The molecule has 0 saturated carbocycles. The highest BCUT2D eigenvalue weighted by molar-refractivity contribution is 5.48. The van der Waals surface area contributed by atoms with Gasteiger partial charge < -0.3 is 0 Å². The summed E-state index contributed by atoms with van der Waals surface area (Å²) in [5.74, 6) is 0. The lowest BCUT2D eigenvalue weighted by Gasteiger charge is -2.04. The first-order chi connectivity index (χ1) is 6.13. The average molecular weight is 172 g/mol. The zero-order valence-electron chi connectivity index (χ0n) is 8.22. The minimum atomic E-state index is 0.899. The van der Waals surface area contributed by atoms with Gasteiger partial charge in [0.2, 0.25) is 0 Å². The fourth-order valence-electron chi connectivity index (χ4n) is 0.815. The summed E-state index contributed by atoms with van der Waals surface area (Å²) < 4.78 is 0. The van der Waals surface area contributed by atoms with Crippen molar-refractivity contribution in [1.82, 2.24) is 0 Å². The lowest BCUT2D eigenvalue weighted by Crippen LogP contribution is -1.84. The number of hydrogen-bond donors (Lipinski definition) is 0. The summed E-state index contributed by atoms with van der Waals surface area (Å²) in [6.45, 7) is 17.0. The molecule has 13 heavy (non-hydrogen) atoms. The van der Waals surface area contributed by atoms with Crippen LogP contribution in [-0.4, -0.2) is 0 Å². The Bertz CT molecular complexity index is 285. The van der Waals surface area contributed by atoms with Crippen LogP contribution in [0.15, 0.2) is 73.4 Å². The van der Waals surface area contributed by atoms with Crippen LogP contribution < -0.4 is 0 Å². The van der Waals surface area contributed by atoms with Crippen molar-refractivity contribution in [2.75, 3.05) is 0 Å². The molecule has 0 heterocycles. The molecule has 0 radical (unpaired) electrons. The van der Waals surface area contributed by atoms with Crippen molar-refractivity contribution < 1.29 is 0 Å². The van der Waals surface area contributed by atoms with Crippen LogP contribution in [0.5, 0.6) is 0 Å². The molecule has 0 N–H and O–H groups in total. The molecule has 0 atom stereocenters. The maximum absolute atomic E-state index is 3.92. The van der Waals surface area contributed by atoms with E-state index in [0.29, 0.717) is 0 Å². The standard InChI is InChI=1S/C13H16/c1-6-8-10-12(4)13(5)11(3)9-7-2/h6-10H,1-2,4-5H2,3H3. The van der Waals surface area contributed by atoms with Crippen LogP contribution in [-0.2, 0) is 0 Å². The van der Waals surface area contributed by atoms with Gasteiger partial charge in [0.15, 0.2) is 0 Å². The SMILES string of the molecule is C=CC=CC(=C)C(=C)C(C)=CC=C. The van der Waals surface area contributed by atoms with Crippen molar-refractivity contribution in [2.24, 2.45) is 0 Å². The molecule has 0 rings (SSSR count). The van der Waals surface area contributed by atoms with Crippen LogP contribution >= 0.6 is 0 Å². The first kappa shape index (κ1) is 11.4. The summed E-state index contributed by atoms with van der Waals surface area (Å²) in [5, 5.41) is 0. The van der Waals surface area contributed by atoms with Gasteiger partial charge >= 0.3 is 0 Å². The molecule has 0 saturated heterocycles. The molecule has 0 fully saturated rings. The first-order valence-electron chi connectivity index (χ1n) is 4.10. The van der Waals surface area contributed by atoms with Crippen LogP contribution in [0.25, 0.3) is 0 Å². The molecule has 0 unspecified atom stereocenters. The van der Waals surface area contributed by atoms with E-state index in [-0.39, 0.29) is 0 Å². The van der Waals surface area contributed by atoms with Gasteiger partial charge in [-0.3, -0.25) is 0 Å². The second-order valence-corrected chi connectivity index (χ2v) is 2.68. The highest BCUT2D eigenvalue weighted by Gasteiger charge is 1.96. The summed E-state index contributed by atoms with van der Waals surface area (Å²) in [6.07, 6.45) is 9.09. The number of hydrogen-bond acceptors (Lipinski definition) is 0. The van der Waals surface area contributed by atoms with Gasteiger partial charge in [-0.2, -0.15) is 0 Å². The molecule has 0 heteroatoms. The molecule has 0 nitrogen and oxygen atoms in total. The Morgan fingerprint density at radius 1 is 1.08 bits per heavy atom. The number of rotatable bonds is 5. The summed E-state index contributed by atoms with van der Waals surface area (Å²) in [7, 11) is 0. The van der Waals surface area contributed by atoms with E-state index in [1.54, 1.807) is 12.2 Å². The molecular formula is C13H16. The van der Waals surface area contributed by atoms with Crippen LogP contribution in [0.3, 0.4) is 0 Å². The largest absolute Gasteiger partial charge is 0.0991 e. The smallest absolute Gasteiger partial charge is 0.0233 e. The van der Waals surface area contributed by atoms with Crippen molar-refractivity contribution in [1.29, 1.82) is 0 Å². The van der Waals surface area contributed by atoms with Gasteiger partial charge in [-0.1, -0.05) is 56.7 Å². The van der Waals surface area contributed by atoms with Crippen LogP contribution in [0.1, 0.15) is 6.92 Å². The summed E-state index contributed by atoms with van der Waals surface area (Å²) in [4.78, 5) is 0. The van der Waals surface area contributed by atoms with Gasteiger partial charge in [-0.15, -0.1) is 0 Å². The molecular weight excluding hydrogens is 156 g/mol. The molecule has 0 amide bonds. The minimum absolute atomic E-state index is 0.899. The van der Waals surface area contributed by atoms with Crippen LogP contribution in [0.4, 0.5) is 0 Å². The Morgan fingerprint density at radius 2 is 1.69 bits per heavy atom. The Labute approximate surface area is 81.0 Å². The van der Waals surface area contributed by atoms with E-state index in [4.69, 9.17) is 0 Å². The van der Waals surface area contributed by atoms with E-state index in [1.807, 2.05) is 25.2 Å². The van der Waals surface area contributed by atoms with Crippen molar-refractivity contribution in [2.45, 2.75) is 6.92 Å². The minimum Gasteiger partial charge on any atom is -0.0991 e. The molecule has 68 valence electrons. The lowest BCUT2D eigenvalue weighted by atomic mass is 10.0. The summed E-state index contributed by atoms with van der Waals surface area (Å²) in [5.41, 5.74) is 2.90. The molecule has 0 aliphatic rings. The van der Waals surface area contributed by atoms with Crippen molar-refractivity contribution in [3.63, 3.8) is 0 Å². The predicted octanol–water partition coefficient (Wildman–Crippen LogP) is 3.97. The van der Waals surface area contributed by atoms with Crippen molar-refractivity contribution in [3.8, 4) is 0 Å². The third-order valence-corrected chi connectivity index (χ3v) is 1.66. The zero-order valence-corrected chi connectivity index (χ0v) is 8.22. The van der Waals surface area contributed by atoms with Gasteiger partial charge in [0.05, 0.1) is 0 Å². The zero-order chi connectivity index (χ0) is 10.3. The first-order valence-corrected chi connectivity index (χ1v) is 4.10. The second-order valence-electron chi connectivity index (χ2n) is 2.68. The third-order valence-electron chi connectivity index (χ3n) is 1.66. The average Bonchev–Trinajstić information content (AvgIpc) is 2.13. The van der Waals surface area contributed by atoms with E-state index in [1.165, 1.54) is 0 Å². The van der Waals surface area contributed by atoms with Crippen molar-refractivity contribution in [3.05, 3.63) is 73.4 Å². The maximum atomic E-state index is 3.92. The normalized spacial score (nSPS) is 11.3. The number of allylic oxidation sites excluding steroid dienone is 8. The Morgan fingerprint density at radius 3 is 2.15 bits per heavy atom. The molecule has 0 aromatic rings. The van der Waals surface area contributed by atoms with E-state index in [2.05, 4.69) is 26.3 Å². The highest BCUT2D eigenvalue weighted by Crippen LogP contribution is 2.16. The fourth-order valence-corrected chi connectivity index (χ4v) is 0.815. The van der Waals surface area contributed by atoms with Gasteiger partial charge in [0, 0.05) is 0 Å². The quantitative estimate of drug-likeness (QED) is 0.550. The van der Waals surface area contributed by atoms with E-state index >= 15 is 0 Å². The van der Waals surface area contributed by atoms with Gasteiger partial charge in [0.25, 0.3) is 0 Å².